The van der Waals surface area contributed by atoms with Gasteiger partial charge in [0.15, 0.2) is 5.84 Å². The molecule has 1 aromatic rings. The Hall–Kier alpha value is -1.75. The van der Waals surface area contributed by atoms with Crippen molar-refractivity contribution in [3.63, 3.8) is 0 Å². The highest BCUT2D eigenvalue weighted by Crippen LogP contribution is 2.29. The first kappa shape index (κ1) is 14.7. The van der Waals surface area contributed by atoms with E-state index in [0.29, 0.717) is 23.4 Å². The molecule has 1 amide bonds. The summed E-state index contributed by atoms with van der Waals surface area (Å²) in [5.41, 5.74) is 5.42. The summed E-state index contributed by atoms with van der Waals surface area (Å²) in [5.74, 6) is -0.248. The molecule has 0 heterocycles. The molecule has 1 aliphatic rings. The van der Waals surface area contributed by atoms with Crippen molar-refractivity contribution in [3.8, 4) is 0 Å². The maximum Gasteiger partial charge on any atom is 0.253 e. The number of amidine groups is 1. The van der Waals surface area contributed by atoms with Crippen molar-refractivity contribution in [2.75, 3.05) is 0 Å². The maximum atomic E-state index is 12.4. The van der Waals surface area contributed by atoms with Crippen molar-refractivity contribution in [2.24, 2.45) is 10.9 Å². The van der Waals surface area contributed by atoms with Gasteiger partial charge < -0.3 is 16.3 Å². The second-order valence-corrected chi connectivity index (χ2v) is 5.47. The fourth-order valence-corrected chi connectivity index (χ4v) is 2.85. The molecule has 0 saturated heterocycles. The van der Waals surface area contributed by atoms with E-state index in [1.807, 2.05) is 0 Å². The van der Waals surface area contributed by atoms with Crippen molar-refractivity contribution < 1.29 is 10.0 Å². The predicted molar refractivity (Wildman–Crippen MR) is 78.1 cm³/mol. The lowest BCUT2D eigenvalue weighted by atomic mass is 9.80. The van der Waals surface area contributed by atoms with E-state index in [2.05, 4.69) is 10.5 Å². The van der Waals surface area contributed by atoms with Gasteiger partial charge >= 0.3 is 0 Å². The van der Waals surface area contributed by atoms with Gasteiger partial charge in [-0.15, -0.1) is 0 Å². The van der Waals surface area contributed by atoms with Crippen LogP contribution in [0.4, 0.5) is 0 Å². The Kier molecular flexibility index (Phi) is 4.49. The predicted octanol–water partition coefficient (Wildman–Crippen LogP) is 2.52. The normalized spacial score (nSPS) is 18.6. The van der Waals surface area contributed by atoms with Crippen LogP contribution in [0, 0.1) is 0 Å². The molecule has 0 radical (unpaired) electrons. The number of hydrogen-bond donors (Lipinski definition) is 3. The third-order valence-corrected chi connectivity index (χ3v) is 4.11. The van der Waals surface area contributed by atoms with Crippen LogP contribution in [0.1, 0.15) is 42.5 Å². The molecular formula is C14H18ClN3O2. The largest absolute Gasteiger partial charge is 0.409 e. The number of benzene rings is 1. The van der Waals surface area contributed by atoms with Crippen molar-refractivity contribution in [1.82, 2.24) is 5.32 Å². The number of hydrogen-bond acceptors (Lipinski definition) is 3. The van der Waals surface area contributed by atoms with Crippen LogP contribution >= 0.6 is 11.6 Å². The van der Waals surface area contributed by atoms with Gasteiger partial charge in [-0.1, -0.05) is 48.2 Å². The van der Waals surface area contributed by atoms with Crippen LogP contribution in [0.3, 0.4) is 0 Å². The van der Waals surface area contributed by atoms with Gasteiger partial charge in [-0.2, -0.15) is 0 Å². The third kappa shape index (κ3) is 2.88. The first-order chi connectivity index (χ1) is 9.59. The summed E-state index contributed by atoms with van der Waals surface area (Å²) >= 11 is 6.02. The van der Waals surface area contributed by atoms with Gasteiger partial charge in [-0.05, 0) is 25.0 Å². The summed E-state index contributed by atoms with van der Waals surface area (Å²) in [6.07, 6.45) is 4.28. The van der Waals surface area contributed by atoms with Crippen LogP contribution in [-0.4, -0.2) is 22.5 Å². The number of nitrogens with two attached hydrogens (primary N) is 1. The molecule has 4 N–H and O–H groups in total. The lowest BCUT2D eigenvalue weighted by Crippen LogP contribution is -2.58. The Morgan fingerprint density at radius 2 is 1.95 bits per heavy atom. The number of carbonyl (C=O) groups is 1. The summed E-state index contributed by atoms with van der Waals surface area (Å²) in [6, 6.07) is 6.82. The lowest BCUT2D eigenvalue weighted by Gasteiger charge is -2.36. The van der Waals surface area contributed by atoms with E-state index in [-0.39, 0.29) is 11.7 Å². The standard InChI is InChI=1S/C14H18ClN3O2/c15-11-7-3-2-6-10(11)12(19)17-14(13(16)18-20)8-4-1-5-9-14/h2-3,6-7,20H,1,4-5,8-9H2,(H2,16,18)(H,17,19). The van der Waals surface area contributed by atoms with E-state index in [4.69, 9.17) is 22.5 Å². The first-order valence-corrected chi connectivity index (χ1v) is 7.02. The van der Waals surface area contributed by atoms with Crippen LogP contribution in [0.5, 0.6) is 0 Å². The summed E-state index contributed by atoms with van der Waals surface area (Å²) < 4.78 is 0. The zero-order valence-corrected chi connectivity index (χ0v) is 11.9. The Bertz CT molecular complexity index is 525. The van der Waals surface area contributed by atoms with Crippen molar-refractivity contribution >= 4 is 23.3 Å². The topological polar surface area (TPSA) is 87.7 Å². The van der Waals surface area contributed by atoms with Crippen LogP contribution in [0.2, 0.25) is 5.02 Å². The molecule has 0 atom stereocenters. The van der Waals surface area contributed by atoms with Gasteiger partial charge in [0.05, 0.1) is 10.6 Å². The summed E-state index contributed by atoms with van der Waals surface area (Å²) in [6.45, 7) is 0. The minimum Gasteiger partial charge on any atom is -0.409 e. The van der Waals surface area contributed by atoms with Crippen LogP contribution in [0.15, 0.2) is 29.4 Å². The minimum atomic E-state index is -0.775. The number of oxime groups is 1. The van der Waals surface area contributed by atoms with E-state index in [0.717, 1.165) is 19.3 Å². The molecule has 6 heteroatoms. The third-order valence-electron chi connectivity index (χ3n) is 3.78. The molecule has 108 valence electrons. The zero-order valence-electron chi connectivity index (χ0n) is 11.1. The SMILES string of the molecule is N/C(=N/O)C1(NC(=O)c2ccccc2Cl)CCCCC1. The molecule has 0 spiro atoms. The van der Waals surface area contributed by atoms with Crippen LogP contribution in [0.25, 0.3) is 0 Å². The Balaban J connectivity index is 2.24. The van der Waals surface area contributed by atoms with Gasteiger partial charge in [-0.3, -0.25) is 4.79 Å². The molecule has 0 aromatic heterocycles. The Labute approximate surface area is 122 Å². The number of carbonyl (C=O) groups excluding carboxylic acids is 1. The Morgan fingerprint density at radius 1 is 1.30 bits per heavy atom. The number of halogens is 1. The number of nitrogens with one attached hydrogen (secondary N) is 1. The molecule has 0 unspecified atom stereocenters. The molecule has 1 saturated carbocycles. The van der Waals surface area contributed by atoms with E-state index in [1.165, 1.54) is 0 Å². The summed E-state index contributed by atoms with van der Waals surface area (Å²) in [4.78, 5) is 12.4. The van der Waals surface area contributed by atoms with E-state index in [9.17, 15) is 4.79 Å². The fraction of sp³-hybridized carbons (Fsp3) is 0.429. The number of amides is 1. The van der Waals surface area contributed by atoms with Gasteiger partial charge in [0, 0.05) is 0 Å². The second-order valence-electron chi connectivity index (χ2n) is 5.06. The molecule has 20 heavy (non-hydrogen) atoms. The van der Waals surface area contributed by atoms with Crippen molar-refractivity contribution in [1.29, 1.82) is 0 Å². The molecular weight excluding hydrogens is 278 g/mol. The average Bonchev–Trinajstić information content (AvgIpc) is 2.47. The first-order valence-electron chi connectivity index (χ1n) is 6.64. The van der Waals surface area contributed by atoms with E-state index < -0.39 is 5.54 Å². The highest BCUT2D eigenvalue weighted by atomic mass is 35.5. The lowest BCUT2D eigenvalue weighted by molar-refractivity contribution is 0.0906. The molecule has 0 bridgehead atoms. The van der Waals surface area contributed by atoms with E-state index in [1.54, 1.807) is 24.3 Å². The van der Waals surface area contributed by atoms with Crippen molar-refractivity contribution in [2.45, 2.75) is 37.6 Å². The smallest absolute Gasteiger partial charge is 0.253 e. The molecule has 1 aliphatic carbocycles. The number of nitrogens with zero attached hydrogens (tertiary/aromatic N) is 1. The van der Waals surface area contributed by atoms with Gasteiger partial charge in [0.2, 0.25) is 0 Å². The van der Waals surface area contributed by atoms with Crippen LogP contribution < -0.4 is 11.1 Å². The van der Waals surface area contributed by atoms with Gasteiger partial charge in [0.25, 0.3) is 5.91 Å². The summed E-state index contributed by atoms with van der Waals surface area (Å²) in [7, 11) is 0. The number of rotatable bonds is 3. The molecule has 5 nitrogen and oxygen atoms in total. The minimum absolute atomic E-state index is 0.0533. The average molecular weight is 296 g/mol. The maximum absolute atomic E-state index is 12.4. The molecule has 1 aromatic carbocycles. The van der Waals surface area contributed by atoms with E-state index >= 15 is 0 Å². The quantitative estimate of drug-likeness (QED) is 0.346. The molecule has 0 aliphatic heterocycles. The monoisotopic (exact) mass is 295 g/mol. The second kappa shape index (κ2) is 6.13. The fourth-order valence-electron chi connectivity index (χ4n) is 2.63. The van der Waals surface area contributed by atoms with Crippen molar-refractivity contribution in [3.05, 3.63) is 34.9 Å². The van der Waals surface area contributed by atoms with Gasteiger partial charge in [0.1, 0.15) is 5.54 Å². The zero-order chi connectivity index (χ0) is 14.6. The highest BCUT2D eigenvalue weighted by Gasteiger charge is 2.38. The van der Waals surface area contributed by atoms with Crippen LogP contribution in [-0.2, 0) is 0 Å². The molecule has 1 fully saturated rings. The van der Waals surface area contributed by atoms with Gasteiger partial charge in [-0.25, -0.2) is 0 Å². The summed E-state index contributed by atoms with van der Waals surface area (Å²) in [5, 5.41) is 15.4. The Morgan fingerprint density at radius 3 is 2.55 bits per heavy atom. The highest BCUT2D eigenvalue weighted by molar-refractivity contribution is 6.33. The molecule has 2 rings (SSSR count).